The summed E-state index contributed by atoms with van der Waals surface area (Å²) >= 11 is 0. The Morgan fingerprint density at radius 2 is 1.76 bits per heavy atom. The van der Waals surface area contributed by atoms with Crippen LogP contribution in [0.2, 0.25) is 0 Å². The molecule has 0 aliphatic heterocycles. The van der Waals surface area contributed by atoms with Crippen LogP contribution in [-0.4, -0.2) is 22.1 Å². The van der Waals surface area contributed by atoms with E-state index in [0.717, 1.165) is 50.7 Å². The molecule has 136 valence electrons. The number of aliphatic hydroxyl groups excluding tert-OH is 1. The van der Waals surface area contributed by atoms with E-state index in [1.165, 1.54) is 5.57 Å². The monoisotopic (exact) mass is 344 g/mol. The molecule has 2 N–H and O–H groups in total. The number of fused-ring (bicyclic) bond motifs is 5. The van der Waals surface area contributed by atoms with Crippen molar-refractivity contribution in [2.24, 2.45) is 38.9 Å². The molecule has 3 saturated carbocycles. The summed E-state index contributed by atoms with van der Waals surface area (Å²) in [6.45, 7) is 4.62. The van der Waals surface area contributed by atoms with E-state index in [1.807, 2.05) is 0 Å². The molecule has 4 aliphatic carbocycles. The molecular formula is C19H28N4O2. The van der Waals surface area contributed by atoms with E-state index in [2.05, 4.69) is 29.0 Å². The van der Waals surface area contributed by atoms with Crippen LogP contribution in [0.15, 0.2) is 21.5 Å². The van der Waals surface area contributed by atoms with E-state index in [4.69, 9.17) is 5.53 Å². The predicted octanol–water partition coefficient (Wildman–Crippen LogP) is 4.78. The van der Waals surface area contributed by atoms with E-state index in [9.17, 15) is 10.3 Å². The van der Waals surface area contributed by atoms with Crippen molar-refractivity contribution in [1.29, 1.82) is 0 Å². The zero-order chi connectivity index (χ0) is 17.8. The van der Waals surface area contributed by atoms with E-state index in [-0.39, 0.29) is 10.8 Å². The van der Waals surface area contributed by atoms with Gasteiger partial charge in [0.1, 0.15) is 0 Å². The lowest BCUT2D eigenvalue weighted by Gasteiger charge is -2.58. The van der Waals surface area contributed by atoms with Crippen LogP contribution in [-0.2, 0) is 0 Å². The molecule has 0 bridgehead atoms. The van der Waals surface area contributed by atoms with Gasteiger partial charge in [0.15, 0.2) is 0 Å². The van der Waals surface area contributed by atoms with Crippen LogP contribution in [0.1, 0.15) is 65.2 Å². The number of aliphatic hydroxyl groups is 1. The van der Waals surface area contributed by atoms with Gasteiger partial charge in [-0.1, -0.05) is 29.7 Å². The fourth-order valence-electron chi connectivity index (χ4n) is 6.96. The number of hydrogen-bond donors (Lipinski definition) is 2. The molecule has 25 heavy (non-hydrogen) atoms. The average molecular weight is 344 g/mol. The third-order valence-corrected chi connectivity index (χ3v) is 8.25. The molecule has 0 radical (unpaired) electrons. The average Bonchev–Trinajstić information content (AvgIpc) is 2.94. The molecule has 0 aromatic carbocycles. The van der Waals surface area contributed by atoms with Crippen molar-refractivity contribution in [3.05, 3.63) is 21.7 Å². The van der Waals surface area contributed by atoms with Gasteiger partial charge in [-0.25, -0.2) is 0 Å². The molecule has 0 spiro atoms. The Morgan fingerprint density at radius 3 is 2.48 bits per heavy atom. The van der Waals surface area contributed by atoms with Crippen molar-refractivity contribution >= 4 is 5.71 Å². The van der Waals surface area contributed by atoms with Crippen molar-refractivity contribution in [1.82, 2.24) is 0 Å². The van der Waals surface area contributed by atoms with Gasteiger partial charge >= 0.3 is 0 Å². The number of oxime groups is 1. The maximum absolute atomic E-state index is 10.3. The first kappa shape index (κ1) is 16.9. The van der Waals surface area contributed by atoms with Gasteiger partial charge in [0.05, 0.1) is 11.8 Å². The first-order valence-corrected chi connectivity index (χ1v) is 9.64. The Morgan fingerprint density at radius 1 is 1.04 bits per heavy atom. The lowest BCUT2D eigenvalue weighted by atomic mass is 9.47. The fraction of sp³-hybridized carbons (Fsp3) is 0.842. The molecule has 6 nitrogen and oxygen atoms in total. The summed E-state index contributed by atoms with van der Waals surface area (Å²) in [4.78, 5) is 2.98. The van der Waals surface area contributed by atoms with Crippen LogP contribution in [0.4, 0.5) is 0 Å². The molecule has 0 aromatic rings. The first-order valence-electron chi connectivity index (χ1n) is 9.64. The number of azide groups is 1. The van der Waals surface area contributed by atoms with Crippen LogP contribution < -0.4 is 0 Å². The highest BCUT2D eigenvalue weighted by Crippen LogP contribution is 2.65. The van der Waals surface area contributed by atoms with Gasteiger partial charge in [-0.3, -0.25) is 0 Å². The van der Waals surface area contributed by atoms with Crippen LogP contribution in [0.25, 0.3) is 10.4 Å². The summed E-state index contributed by atoms with van der Waals surface area (Å²) in [5.41, 5.74) is 11.8. The van der Waals surface area contributed by atoms with Crippen LogP contribution in [0, 0.1) is 28.6 Å². The zero-order valence-electron chi connectivity index (χ0n) is 15.1. The van der Waals surface area contributed by atoms with Crippen molar-refractivity contribution in [2.75, 3.05) is 0 Å². The third-order valence-electron chi connectivity index (χ3n) is 8.25. The van der Waals surface area contributed by atoms with Gasteiger partial charge in [-0.05, 0) is 80.1 Å². The second-order valence-corrected chi connectivity index (χ2v) is 8.98. The lowest BCUT2D eigenvalue weighted by Crippen LogP contribution is -2.51. The summed E-state index contributed by atoms with van der Waals surface area (Å²) in [6, 6.07) is 0. The molecule has 6 atom stereocenters. The molecule has 3 fully saturated rings. The zero-order valence-corrected chi connectivity index (χ0v) is 15.1. The number of allylic oxidation sites excluding steroid dienone is 1. The topological polar surface area (TPSA) is 102 Å². The Kier molecular flexibility index (Phi) is 3.89. The maximum atomic E-state index is 10.3. The molecule has 4 aliphatic rings. The Hall–Kier alpha value is -1.52. The van der Waals surface area contributed by atoms with E-state index < -0.39 is 6.10 Å². The van der Waals surface area contributed by atoms with Gasteiger partial charge in [0, 0.05) is 16.0 Å². The normalized spacial score (nSPS) is 47.7. The summed E-state index contributed by atoms with van der Waals surface area (Å²) < 4.78 is 0. The second kappa shape index (κ2) is 5.75. The molecule has 0 heterocycles. The van der Waals surface area contributed by atoms with Gasteiger partial charge < -0.3 is 10.3 Å². The largest absolute Gasteiger partial charge is 0.411 e. The first-order chi connectivity index (χ1) is 12.0. The number of hydrogen-bond acceptors (Lipinski definition) is 4. The minimum atomic E-state index is -0.607. The van der Waals surface area contributed by atoms with E-state index in [0.29, 0.717) is 29.9 Å². The van der Waals surface area contributed by atoms with Gasteiger partial charge in [-0.15, -0.1) is 0 Å². The number of nitrogens with zero attached hydrogens (tertiary/aromatic N) is 4. The summed E-state index contributed by atoms with van der Waals surface area (Å²) in [7, 11) is 0. The molecule has 6 heteroatoms. The third kappa shape index (κ3) is 2.20. The van der Waals surface area contributed by atoms with Gasteiger partial charge in [0.2, 0.25) is 0 Å². The summed E-state index contributed by atoms with van der Waals surface area (Å²) in [6.07, 6.45) is 7.29. The second-order valence-electron chi connectivity index (χ2n) is 8.98. The van der Waals surface area contributed by atoms with Gasteiger partial charge in [0.25, 0.3) is 0 Å². The van der Waals surface area contributed by atoms with Crippen molar-refractivity contribution in [2.45, 2.75) is 71.3 Å². The Balaban J connectivity index is 1.73. The van der Waals surface area contributed by atoms with Crippen molar-refractivity contribution in [3.8, 4) is 0 Å². The quantitative estimate of drug-likeness (QED) is 0.235. The highest BCUT2D eigenvalue weighted by Gasteiger charge is 2.58. The minimum Gasteiger partial charge on any atom is -0.411 e. The fourth-order valence-corrected chi connectivity index (χ4v) is 6.96. The molecule has 0 saturated heterocycles. The maximum Gasteiger partial charge on any atom is 0.0815 e. The smallest absolute Gasteiger partial charge is 0.0815 e. The minimum absolute atomic E-state index is 0.0338. The van der Waals surface area contributed by atoms with Crippen molar-refractivity contribution in [3.63, 3.8) is 0 Å². The molecule has 0 amide bonds. The summed E-state index contributed by atoms with van der Waals surface area (Å²) in [5.74, 6) is 1.79. The predicted molar refractivity (Wildman–Crippen MR) is 95.0 cm³/mol. The molecule has 0 aromatic heterocycles. The lowest BCUT2D eigenvalue weighted by molar-refractivity contribution is -0.0277. The Labute approximate surface area is 148 Å². The summed E-state index contributed by atoms with van der Waals surface area (Å²) in [5, 5.41) is 27.3. The van der Waals surface area contributed by atoms with Crippen LogP contribution >= 0.6 is 0 Å². The SMILES string of the molecule is C[C@]12CC[C@H](O)C(N=[N+]=[N-])=C1CC[C@@H]1[C@@H]2CC[C@]2(C)/C(=N/O)CC[C@@H]12. The van der Waals surface area contributed by atoms with Crippen LogP contribution in [0.3, 0.4) is 0 Å². The highest BCUT2D eigenvalue weighted by atomic mass is 16.4. The molecule has 4 rings (SSSR count). The molecule has 0 unspecified atom stereocenters. The standard InChI is InChI=1S/C19H28N4O2/c1-18-10-8-15(24)17(21-23-20)14(18)4-3-11-12-5-6-16(22-25)19(12,2)9-7-13(11)18/h11-13,15,24-25H,3-10H2,1-2H3/b22-16+/t11-,12-,13-,15-,18+,19-/m0/s1. The molecular weight excluding hydrogens is 316 g/mol. The van der Waals surface area contributed by atoms with Crippen LogP contribution in [0.5, 0.6) is 0 Å². The van der Waals surface area contributed by atoms with E-state index in [1.54, 1.807) is 0 Å². The Bertz CT molecular complexity index is 696. The van der Waals surface area contributed by atoms with Crippen molar-refractivity contribution < 1.29 is 10.3 Å². The van der Waals surface area contributed by atoms with E-state index >= 15 is 0 Å². The van der Waals surface area contributed by atoms with Gasteiger partial charge in [-0.2, -0.15) is 0 Å². The highest BCUT2D eigenvalue weighted by molar-refractivity contribution is 5.92. The number of rotatable bonds is 1.